The van der Waals surface area contributed by atoms with Crippen LogP contribution in [0.1, 0.15) is 25.0 Å². The lowest BCUT2D eigenvalue weighted by Gasteiger charge is -2.46. The van der Waals surface area contributed by atoms with E-state index in [1.165, 1.54) is 5.56 Å². The Bertz CT molecular complexity index is 928. The van der Waals surface area contributed by atoms with Crippen LogP contribution >= 0.6 is 0 Å². The maximum Gasteiger partial charge on any atom is 0.227 e. The van der Waals surface area contributed by atoms with Crippen molar-refractivity contribution < 1.29 is 4.79 Å². The molecule has 0 saturated carbocycles. The number of hydrogen-bond donors (Lipinski definition) is 1. The molecule has 0 atom stereocenters. The standard InChI is InChI=1S/C23H28N4O/c1-17(2)13-26(14-18-6-5-9-24-11-18)20-15-27(16-20)23(28)10-19-12-25-22-8-4-3-7-21(19)22/h3-9,11-12,17,20,25H,10,13-16H2,1-2H3. The average molecular weight is 377 g/mol. The lowest BCUT2D eigenvalue weighted by Crippen LogP contribution is -2.61. The number of pyridine rings is 1. The molecule has 28 heavy (non-hydrogen) atoms. The molecule has 146 valence electrons. The molecule has 4 rings (SSSR count). The van der Waals surface area contributed by atoms with E-state index in [1.54, 1.807) is 0 Å². The molecule has 3 aromatic rings. The van der Waals surface area contributed by atoms with E-state index in [0.717, 1.165) is 42.6 Å². The largest absolute Gasteiger partial charge is 0.361 e. The number of amides is 1. The van der Waals surface area contributed by atoms with E-state index >= 15 is 0 Å². The fraction of sp³-hybridized carbons (Fsp3) is 0.391. The first kappa shape index (κ1) is 18.7. The van der Waals surface area contributed by atoms with Crippen LogP contribution < -0.4 is 0 Å². The van der Waals surface area contributed by atoms with Gasteiger partial charge in [-0.3, -0.25) is 14.7 Å². The summed E-state index contributed by atoms with van der Waals surface area (Å²) in [7, 11) is 0. The number of H-pyrrole nitrogens is 1. The monoisotopic (exact) mass is 376 g/mol. The maximum absolute atomic E-state index is 12.8. The molecule has 1 fully saturated rings. The molecule has 1 aliphatic heterocycles. The lowest BCUT2D eigenvalue weighted by atomic mass is 10.0. The second kappa shape index (κ2) is 8.15. The summed E-state index contributed by atoms with van der Waals surface area (Å²) in [5.41, 5.74) is 3.40. The number of carbonyl (C=O) groups is 1. The molecule has 5 heteroatoms. The molecule has 3 heterocycles. The number of aromatic amines is 1. The van der Waals surface area contributed by atoms with Gasteiger partial charge in [0.05, 0.1) is 6.42 Å². The van der Waals surface area contributed by atoms with Gasteiger partial charge in [-0.25, -0.2) is 0 Å². The fourth-order valence-electron chi connectivity index (χ4n) is 3.98. The van der Waals surface area contributed by atoms with Gasteiger partial charge in [0.25, 0.3) is 0 Å². The van der Waals surface area contributed by atoms with Crippen LogP contribution in [0.4, 0.5) is 0 Å². The van der Waals surface area contributed by atoms with Crippen LogP contribution in [-0.4, -0.2) is 51.4 Å². The van der Waals surface area contributed by atoms with E-state index in [4.69, 9.17) is 0 Å². The summed E-state index contributed by atoms with van der Waals surface area (Å²) < 4.78 is 0. The molecule has 0 aliphatic carbocycles. The molecule has 1 amide bonds. The quantitative estimate of drug-likeness (QED) is 0.687. The van der Waals surface area contributed by atoms with Gasteiger partial charge in [0.2, 0.25) is 5.91 Å². The smallest absolute Gasteiger partial charge is 0.227 e. The number of carbonyl (C=O) groups excluding carboxylic acids is 1. The minimum atomic E-state index is 0.215. The highest BCUT2D eigenvalue weighted by atomic mass is 16.2. The van der Waals surface area contributed by atoms with Crippen LogP contribution in [0.15, 0.2) is 55.0 Å². The molecular formula is C23H28N4O. The number of likely N-dealkylation sites (tertiary alicyclic amines) is 1. The van der Waals surface area contributed by atoms with Crippen LogP contribution in [0.25, 0.3) is 10.9 Å². The van der Waals surface area contributed by atoms with Crippen LogP contribution in [0, 0.1) is 5.92 Å². The Morgan fingerprint density at radius 1 is 1.25 bits per heavy atom. The number of para-hydroxylation sites is 1. The van der Waals surface area contributed by atoms with Crippen molar-refractivity contribution >= 4 is 16.8 Å². The van der Waals surface area contributed by atoms with E-state index in [2.05, 4.69) is 40.8 Å². The second-order valence-corrected chi connectivity index (χ2v) is 8.17. The lowest BCUT2D eigenvalue weighted by molar-refractivity contribution is -0.138. The number of nitrogens with one attached hydrogen (secondary N) is 1. The first-order valence-electron chi connectivity index (χ1n) is 10.1. The third kappa shape index (κ3) is 4.09. The van der Waals surface area contributed by atoms with Crippen molar-refractivity contribution in [2.45, 2.75) is 32.9 Å². The fourth-order valence-corrected chi connectivity index (χ4v) is 3.98. The van der Waals surface area contributed by atoms with Crippen molar-refractivity contribution in [1.82, 2.24) is 19.8 Å². The second-order valence-electron chi connectivity index (χ2n) is 8.17. The number of rotatable bonds is 7. The van der Waals surface area contributed by atoms with E-state index in [9.17, 15) is 4.79 Å². The van der Waals surface area contributed by atoms with Crippen molar-refractivity contribution in [2.75, 3.05) is 19.6 Å². The number of benzene rings is 1. The summed E-state index contributed by atoms with van der Waals surface area (Å²) in [6.07, 6.45) is 6.17. The van der Waals surface area contributed by atoms with Crippen molar-refractivity contribution in [3.05, 3.63) is 66.1 Å². The molecule has 1 aliphatic rings. The van der Waals surface area contributed by atoms with E-state index < -0.39 is 0 Å². The van der Waals surface area contributed by atoms with Crippen LogP contribution in [-0.2, 0) is 17.8 Å². The first-order chi connectivity index (χ1) is 13.6. The first-order valence-corrected chi connectivity index (χ1v) is 10.1. The highest BCUT2D eigenvalue weighted by Crippen LogP contribution is 2.23. The van der Waals surface area contributed by atoms with E-state index in [-0.39, 0.29) is 5.91 Å². The Kier molecular flexibility index (Phi) is 5.44. The minimum absolute atomic E-state index is 0.215. The SMILES string of the molecule is CC(C)CN(Cc1cccnc1)C1CN(C(=O)Cc2c[nH]c3ccccc23)C1. The van der Waals surface area contributed by atoms with Gasteiger partial charge in [-0.05, 0) is 29.2 Å². The molecule has 1 aromatic carbocycles. The number of hydrogen-bond acceptors (Lipinski definition) is 3. The number of aromatic nitrogens is 2. The minimum Gasteiger partial charge on any atom is -0.361 e. The number of fused-ring (bicyclic) bond motifs is 1. The molecule has 5 nitrogen and oxygen atoms in total. The number of nitrogens with zero attached hydrogens (tertiary/aromatic N) is 3. The highest BCUT2D eigenvalue weighted by Gasteiger charge is 2.35. The third-order valence-electron chi connectivity index (χ3n) is 5.46. The Hall–Kier alpha value is -2.66. The Balaban J connectivity index is 1.36. The van der Waals surface area contributed by atoms with Gasteiger partial charge in [0, 0.05) is 61.7 Å². The Labute approximate surface area is 166 Å². The summed E-state index contributed by atoms with van der Waals surface area (Å²) in [4.78, 5) is 24.8. The van der Waals surface area contributed by atoms with Crippen LogP contribution in [0.3, 0.4) is 0 Å². The zero-order valence-electron chi connectivity index (χ0n) is 16.6. The molecule has 0 spiro atoms. The Morgan fingerprint density at radius 2 is 2.07 bits per heavy atom. The zero-order valence-corrected chi connectivity index (χ0v) is 16.6. The van der Waals surface area contributed by atoms with E-state index in [1.807, 2.05) is 47.8 Å². The summed E-state index contributed by atoms with van der Waals surface area (Å²) in [5.74, 6) is 0.805. The Morgan fingerprint density at radius 3 is 2.82 bits per heavy atom. The summed E-state index contributed by atoms with van der Waals surface area (Å²) in [6.45, 7) is 8.04. The highest BCUT2D eigenvalue weighted by molar-refractivity contribution is 5.89. The topological polar surface area (TPSA) is 52.2 Å². The third-order valence-corrected chi connectivity index (χ3v) is 5.46. The normalized spacial score (nSPS) is 14.8. The molecule has 0 bridgehead atoms. The molecule has 2 aromatic heterocycles. The van der Waals surface area contributed by atoms with Gasteiger partial charge in [-0.2, -0.15) is 0 Å². The molecule has 0 unspecified atom stereocenters. The van der Waals surface area contributed by atoms with Gasteiger partial charge in [-0.1, -0.05) is 38.1 Å². The van der Waals surface area contributed by atoms with E-state index in [0.29, 0.717) is 18.4 Å². The molecule has 1 saturated heterocycles. The summed E-state index contributed by atoms with van der Waals surface area (Å²) in [5, 5.41) is 1.14. The molecular weight excluding hydrogens is 348 g/mol. The maximum atomic E-state index is 12.8. The summed E-state index contributed by atoms with van der Waals surface area (Å²) >= 11 is 0. The van der Waals surface area contributed by atoms with Gasteiger partial charge in [0.1, 0.15) is 0 Å². The zero-order chi connectivity index (χ0) is 19.5. The predicted molar refractivity (Wildman–Crippen MR) is 112 cm³/mol. The van der Waals surface area contributed by atoms with Crippen molar-refractivity contribution in [3.8, 4) is 0 Å². The van der Waals surface area contributed by atoms with Gasteiger partial charge >= 0.3 is 0 Å². The van der Waals surface area contributed by atoms with Gasteiger partial charge in [-0.15, -0.1) is 0 Å². The van der Waals surface area contributed by atoms with Gasteiger partial charge in [0.15, 0.2) is 0 Å². The van der Waals surface area contributed by atoms with Crippen molar-refractivity contribution in [3.63, 3.8) is 0 Å². The van der Waals surface area contributed by atoms with Crippen LogP contribution in [0.5, 0.6) is 0 Å². The van der Waals surface area contributed by atoms with Crippen molar-refractivity contribution in [2.24, 2.45) is 5.92 Å². The van der Waals surface area contributed by atoms with Gasteiger partial charge < -0.3 is 9.88 Å². The molecule has 1 N–H and O–H groups in total. The summed E-state index contributed by atoms with van der Waals surface area (Å²) in [6, 6.07) is 12.7. The van der Waals surface area contributed by atoms with Crippen LogP contribution in [0.2, 0.25) is 0 Å². The average Bonchev–Trinajstić information content (AvgIpc) is 3.04. The predicted octanol–water partition coefficient (Wildman–Crippen LogP) is 3.47. The van der Waals surface area contributed by atoms with Crippen molar-refractivity contribution in [1.29, 1.82) is 0 Å². The molecule has 0 radical (unpaired) electrons.